The lowest BCUT2D eigenvalue weighted by Gasteiger charge is -2.13. The fraction of sp³-hybridized carbons (Fsp3) is 0.400. The highest BCUT2D eigenvalue weighted by Gasteiger charge is 2.15. The summed E-state index contributed by atoms with van der Waals surface area (Å²) in [5.74, 6) is 1.43. The number of hydrogen-bond donors (Lipinski definition) is 1. The molecule has 0 amide bonds. The van der Waals surface area contributed by atoms with Crippen molar-refractivity contribution in [1.29, 1.82) is 0 Å². The maximum absolute atomic E-state index is 11.0. The van der Waals surface area contributed by atoms with Crippen molar-refractivity contribution in [2.45, 2.75) is 40.3 Å². The van der Waals surface area contributed by atoms with Crippen LogP contribution < -0.4 is 5.32 Å². The Balaban J connectivity index is 2.08. The summed E-state index contributed by atoms with van der Waals surface area (Å²) in [4.78, 5) is 14.9. The van der Waals surface area contributed by atoms with Crippen LogP contribution in [0.2, 0.25) is 0 Å². The van der Waals surface area contributed by atoms with Gasteiger partial charge < -0.3 is 9.73 Å². The van der Waals surface area contributed by atoms with Crippen molar-refractivity contribution in [3.63, 3.8) is 0 Å². The van der Waals surface area contributed by atoms with E-state index in [0.717, 1.165) is 17.0 Å². The van der Waals surface area contributed by atoms with Crippen molar-refractivity contribution in [2.75, 3.05) is 0 Å². The SMILES string of the molecule is Cc1ccc(C(C)NCc2nc(C)c(C)o2)cc1[N+](=O)[O-]. The molecule has 0 aliphatic carbocycles. The van der Waals surface area contributed by atoms with E-state index in [1.165, 1.54) is 0 Å². The van der Waals surface area contributed by atoms with Crippen molar-refractivity contribution < 1.29 is 9.34 Å². The molecule has 0 aliphatic rings. The number of nitro groups is 1. The minimum Gasteiger partial charge on any atom is -0.444 e. The van der Waals surface area contributed by atoms with E-state index >= 15 is 0 Å². The van der Waals surface area contributed by atoms with Crippen molar-refractivity contribution >= 4 is 5.69 Å². The van der Waals surface area contributed by atoms with E-state index < -0.39 is 0 Å². The number of rotatable bonds is 5. The third-order valence-corrected chi connectivity index (χ3v) is 3.56. The summed E-state index contributed by atoms with van der Waals surface area (Å²) in [6.07, 6.45) is 0. The van der Waals surface area contributed by atoms with Crippen LogP contribution in [0.3, 0.4) is 0 Å². The molecule has 2 aromatic rings. The third-order valence-electron chi connectivity index (χ3n) is 3.56. The molecule has 0 fully saturated rings. The number of aromatic nitrogens is 1. The van der Waals surface area contributed by atoms with Gasteiger partial charge in [-0.25, -0.2) is 4.98 Å². The van der Waals surface area contributed by atoms with Crippen molar-refractivity contribution in [3.8, 4) is 0 Å². The van der Waals surface area contributed by atoms with Crippen LogP contribution in [0.25, 0.3) is 0 Å². The molecule has 0 saturated carbocycles. The Morgan fingerprint density at radius 3 is 2.67 bits per heavy atom. The Labute approximate surface area is 123 Å². The Bertz CT molecular complexity index is 645. The van der Waals surface area contributed by atoms with Gasteiger partial charge in [0.05, 0.1) is 17.2 Å². The van der Waals surface area contributed by atoms with E-state index in [4.69, 9.17) is 4.42 Å². The minimum atomic E-state index is -0.355. The summed E-state index contributed by atoms with van der Waals surface area (Å²) in [5, 5.41) is 14.2. The molecule has 21 heavy (non-hydrogen) atoms. The van der Waals surface area contributed by atoms with E-state index in [1.807, 2.05) is 26.8 Å². The molecule has 6 nitrogen and oxygen atoms in total. The lowest BCUT2D eigenvalue weighted by Crippen LogP contribution is -2.18. The number of nitrogens with one attached hydrogen (secondary N) is 1. The number of oxazole rings is 1. The van der Waals surface area contributed by atoms with E-state index in [1.54, 1.807) is 19.1 Å². The van der Waals surface area contributed by atoms with E-state index in [-0.39, 0.29) is 16.7 Å². The van der Waals surface area contributed by atoms with Gasteiger partial charge in [-0.15, -0.1) is 0 Å². The highest BCUT2D eigenvalue weighted by molar-refractivity contribution is 5.43. The van der Waals surface area contributed by atoms with Gasteiger partial charge in [-0.05, 0) is 33.3 Å². The van der Waals surface area contributed by atoms with Gasteiger partial charge in [0.15, 0.2) is 0 Å². The largest absolute Gasteiger partial charge is 0.444 e. The van der Waals surface area contributed by atoms with Gasteiger partial charge in [0.25, 0.3) is 5.69 Å². The molecule has 0 aliphatic heterocycles. The zero-order valence-corrected chi connectivity index (χ0v) is 12.6. The standard InChI is InChI=1S/C15H19N3O3/c1-9-5-6-13(7-14(9)18(19)20)11(3)16-8-15-17-10(2)12(4)21-15/h5-7,11,16H,8H2,1-4H3. The Kier molecular flexibility index (Phi) is 4.37. The molecule has 0 saturated heterocycles. The van der Waals surface area contributed by atoms with E-state index in [0.29, 0.717) is 18.0 Å². The van der Waals surface area contributed by atoms with Crippen LogP contribution in [0, 0.1) is 30.9 Å². The van der Waals surface area contributed by atoms with Crippen LogP contribution in [0.1, 0.15) is 41.4 Å². The third kappa shape index (κ3) is 3.46. The molecule has 112 valence electrons. The quantitative estimate of drug-likeness (QED) is 0.674. The molecule has 1 unspecified atom stereocenters. The van der Waals surface area contributed by atoms with Crippen LogP contribution in [-0.4, -0.2) is 9.91 Å². The molecule has 0 radical (unpaired) electrons. The average molecular weight is 289 g/mol. The number of benzene rings is 1. The van der Waals surface area contributed by atoms with Crippen LogP contribution in [0.4, 0.5) is 5.69 Å². The summed E-state index contributed by atoms with van der Waals surface area (Å²) in [6.45, 7) is 7.95. The topological polar surface area (TPSA) is 81.2 Å². The first-order valence-electron chi connectivity index (χ1n) is 6.79. The van der Waals surface area contributed by atoms with Crippen LogP contribution >= 0.6 is 0 Å². The number of nitro benzene ring substituents is 1. The zero-order chi connectivity index (χ0) is 15.6. The maximum atomic E-state index is 11.0. The van der Waals surface area contributed by atoms with Crippen LogP contribution in [0.5, 0.6) is 0 Å². The summed E-state index contributed by atoms with van der Waals surface area (Å²) in [7, 11) is 0. The van der Waals surface area contributed by atoms with Crippen molar-refractivity contribution in [1.82, 2.24) is 10.3 Å². The fourth-order valence-corrected chi connectivity index (χ4v) is 2.07. The number of nitrogens with zero attached hydrogens (tertiary/aromatic N) is 2. The van der Waals surface area contributed by atoms with Gasteiger partial charge in [0.2, 0.25) is 5.89 Å². The molecule has 1 atom stereocenters. The monoisotopic (exact) mass is 289 g/mol. The normalized spacial score (nSPS) is 12.4. The van der Waals surface area contributed by atoms with Gasteiger partial charge >= 0.3 is 0 Å². The second-order valence-corrected chi connectivity index (χ2v) is 5.15. The Hall–Kier alpha value is -2.21. The average Bonchev–Trinajstić information content (AvgIpc) is 2.75. The van der Waals surface area contributed by atoms with Crippen molar-refractivity contribution in [3.05, 3.63) is 56.8 Å². The van der Waals surface area contributed by atoms with Crippen LogP contribution in [-0.2, 0) is 6.54 Å². The number of aryl methyl sites for hydroxylation is 3. The Morgan fingerprint density at radius 2 is 2.10 bits per heavy atom. The highest BCUT2D eigenvalue weighted by Crippen LogP contribution is 2.23. The van der Waals surface area contributed by atoms with E-state index in [9.17, 15) is 10.1 Å². The zero-order valence-electron chi connectivity index (χ0n) is 12.6. The highest BCUT2D eigenvalue weighted by atomic mass is 16.6. The molecule has 1 aromatic carbocycles. The second-order valence-electron chi connectivity index (χ2n) is 5.15. The van der Waals surface area contributed by atoms with Gasteiger partial charge in [-0.3, -0.25) is 10.1 Å². The summed E-state index contributed by atoms with van der Waals surface area (Å²) < 4.78 is 5.50. The maximum Gasteiger partial charge on any atom is 0.272 e. The van der Waals surface area contributed by atoms with Gasteiger partial charge in [-0.1, -0.05) is 12.1 Å². The molecule has 0 bridgehead atoms. The summed E-state index contributed by atoms with van der Waals surface area (Å²) in [6, 6.07) is 5.24. The molecule has 1 aromatic heterocycles. The molecule has 1 N–H and O–H groups in total. The first-order chi connectivity index (χ1) is 9.88. The summed E-state index contributed by atoms with van der Waals surface area (Å²) >= 11 is 0. The molecule has 0 spiro atoms. The molecule has 6 heteroatoms. The fourth-order valence-electron chi connectivity index (χ4n) is 2.07. The van der Waals surface area contributed by atoms with Gasteiger partial charge in [0.1, 0.15) is 5.76 Å². The van der Waals surface area contributed by atoms with Crippen LogP contribution in [0.15, 0.2) is 22.6 Å². The predicted molar refractivity (Wildman–Crippen MR) is 79.1 cm³/mol. The minimum absolute atomic E-state index is 0.0307. The molecular formula is C15H19N3O3. The second kappa shape index (κ2) is 6.05. The number of hydrogen-bond acceptors (Lipinski definition) is 5. The molecule has 2 rings (SSSR count). The lowest BCUT2D eigenvalue weighted by molar-refractivity contribution is -0.385. The first-order valence-corrected chi connectivity index (χ1v) is 6.79. The first kappa shape index (κ1) is 15.2. The van der Waals surface area contributed by atoms with Gasteiger partial charge in [-0.2, -0.15) is 0 Å². The van der Waals surface area contributed by atoms with Crippen molar-refractivity contribution in [2.24, 2.45) is 0 Å². The predicted octanol–water partition coefficient (Wildman–Crippen LogP) is 3.36. The van der Waals surface area contributed by atoms with Gasteiger partial charge in [0, 0.05) is 17.7 Å². The summed E-state index contributed by atoms with van der Waals surface area (Å²) in [5.41, 5.74) is 2.55. The smallest absolute Gasteiger partial charge is 0.272 e. The Morgan fingerprint density at radius 1 is 1.38 bits per heavy atom. The van der Waals surface area contributed by atoms with E-state index in [2.05, 4.69) is 10.3 Å². The molecular weight excluding hydrogens is 270 g/mol. The molecule has 1 heterocycles. The lowest BCUT2D eigenvalue weighted by atomic mass is 10.0.